The lowest BCUT2D eigenvalue weighted by molar-refractivity contribution is 0.190. The van der Waals surface area contributed by atoms with Crippen molar-refractivity contribution in [2.45, 2.75) is 17.2 Å². The van der Waals surface area contributed by atoms with E-state index < -0.39 is 26.6 Å². The Bertz CT molecular complexity index is 1310. The first-order valence-electron chi connectivity index (χ1n) is 10.1. The van der Waals surface area contributed by atoms with Gasteiger partial charge in [-0.05, 0) is 36.6 Å². The molecule has 2 heterocycles. The van der Waals surface area contributed by atoms with E-state index >= 15 is 0 Å². The quantitative estimate of drug-likeness (QED) is 0.544. The van der Waals surface area contributed by atoms with Crippen LogP contribution >= 0.6 is 23.1 Å². The summed E-state index contributed by atoms with van der Waals surface area (Å²) >= 11 is 6.81. The zero-order valence-electron chi connectivity index (χ0n) is 17.5. The average Bonchev–Trinajstić information content (AvgIpc) is 3.18. The molecular weight excluding hydrogens is 494 g/mol. The van der Waals surface area contributed by atoms with Crippen LogP contribution in [0.15, 0.2) is 52.0 Å². The molecule has 0 spiro atoms. The summed E-state index contributed by atoms with van der Waals surface area (Å²) in [5, 5.41) is 3.93. The number of aryl methyl sites for hydroxylation is 1. The van der Waals surface area contributed by atoms with E-state index in [9.17, 15) is 17.2 Å². The molecule has 1 aliphatic heterocycles. The van der Waals surface area contributed by atoms with Gasteiger partial charge in [-0.15, -0.1) is 4.40 Å². The minimum atomic E-state index is -4.48. The van der Waals surface area contributed by atoms with E-state index in [1.54, 1.807) is 7.05 Å². The first kappa shape index (κ1) is 23.8. The van der Waals surface area contributed by atoms with Crippen LogP contribution in [0.2, 0.25) is 5.02 Å². The lowest BCUT2D eigenvalue weighted by Crippen LogP contribution is -2.38. The lowest BCUT2D eigenvalue weighted by Gasteiger charge is -2.32. The second-order valence-corrected chi connectivity index (χ2v) is 10.5. The van der Waals surface area contributed by atoms with Gasteiger partial charge < -0.3 is 14.6 Å². The molecule has 1 fully saturated rings. The summed E-state index contributed by atoms with van der Waals surface area (Å²) in [5.74, 6) is -2.30. The second kappa shape index (κ2) is 9.88. The molecule has 3 aromatic rings. The first-order chi connectivity index (χ1) is 15.7. The van der Waals surface area contributed by atoms with Crippen LogP contribution in [0.25, 0.3) is 0 Å². The molecule has 0 radical (unpaired) electrons. The van der Waals surface area contributed by atoms with Crippen molar-refractivity contribution >= 4 is 33.2 Å². The Balaban J connectivity index is 1.54. The number of sulfonamides is 1. The van der Waals surface area contributed by atoms with Gasteiger partial charge in [0.25, 0.3) is 10.0 Å². The third-order valence-corrected chi connectivity index (χ3v) is 7.87. The monoisotopic (exact) mass is 514 g/mol. The molecule has 176 valence electrons. The number of hydrogen-bond acceptors (Lipinski definition) is 6. The Morgan fingerprint density at radius 3 is 2.73 bits per heavy atom. The van der Waals surface area contributed by atoms with E-state index in [0.29, 0.717) is 17.6 Å². The van der Waals surface area contributed by atoms with Crippen LogP contribution in [-0.2, 0) is 17.1 Å². The average molecular weight is 515 g/mol. The zero-order valence-corrected chi connectivity index (χ0v) is 19.9. The lowest BCUT2D eigenvalue weighted by atomic mass is 9.81. The summed E-state index contributed by atoms with van der Waals surface area (Å²) in [6.07, 6.45) is 2.23. The predicted octanol–water partition coefficient (Wildman–Crippen LogP) is 3.47. The molecule has 2 aromatic carbocycles. The summed E-state index contributed by atoms with van der Waals surface area (Å²) in [6.45, 7) is 1.61. The van der Waals surface area contributed by atoms with Crippen LogP contribution in [0.5, 0.6) is 5.75 Å². The van der Waals surface area contributed by atoms with Crippen molar-refractivity contribution < 1.29 is 21.9 Å². The fourth-order valence-corrected chi connectivity index (χ4v) is 5.75. The molecule has 1 aliphatic rings. The second-order valence-electron chi connectivity index (χ2n) is 7.71. The smallest absolute Gasteiger partial charge is 0.288 e. The molecule has 0 unspecified atom stereocenters. The fourth-order valence-electron chi connectivity index (χ4n) is 3.75. The number of nitrogens with zero attached hydrogens (tertiary/aromatic N) is 3. The van der Waals surface area contributed by atoms with Crippen molar-refractivity contribution in [2.75, 3.05) is 19.7 Å². The van der Waals surface area contributed by atoms with Crippen molar-refractivity contribution in [3.63, 3.8) is 0 Å². The normalized spacial score (nSPS) is 19.6. The molecule has 0 aliphatic carbocycles. The number of aromatic nitrogens is 2. The summed E-state index contributed by atoms with van der Waals surface area (Å²) in [7, 11) is -2.93. The van der Waals surface area contributed by atoms with E-state index in [0.717, 1.165) is 36.1 Å². The Morgan fingerprint density at radius 1 is 1.27 bits per heavy atom. The molecule has 1 saturated heterocycles. The van der Waals surface area contributed by atoms with Crippen molar-refractivity contribution in [1.29, 1.82) is 0 Å². The zero-order chi connectivity index (χ0) is 23.6. The highest BCUT2D eigenvalue weighted by atomic mass is 35.5. The number of nitrogens with one attached hydrogen (secondary N) is 1. The van der Waals surface area contributed by atoms with Crippen molar-refractivity contribution in [3.8, 4) is 5.75 Å². The third kappa shape index (κ3) is 5.43. The van der Waals surface area contributed by atoms with E-state index in [1.165, 1.54) is 10.9 Å². The minimum absolute atomic E-state index is 0.00660. The maximum atomic E-state index is 14.7. The number of benzene rings is 2. The highest BCUT2D eigenvalue weighted by molar-refractivity contribution is 7.90. The van der Waals surface area contributed by atoms with Gasteiger partial charge >= 0.3 is 0 Å². The Morgan fingerprint density at radius 2 is 2.03 bits per heavy atom. The third-order valence-electron chi connectivity index (χ3n) is 5.48. The number of halogens is 3. The predicted molar refractivity (Wildman–Crippen MR) is 121 cm³/mol. The van der Waals surface area contributed by atoms with E-state index in [-0.39, 0.29) is 29.0 Å². The minimum Gasteiger partial charge on any atom is -0.490 e. The van der Waals surface area contributed by atoms with Crippen LogP contribution in [0.1, 0.15) is 17.9 Å². The first-order valence-corrected chi connectivity index (χ1v) is 12.7. The molecule has 1 aromatic heterocycles. The fraction of sp³-hybridized carbons (Fsp3) is 0.333. The SMILES string of the molecule is Cn1cnsc1=NS(=O)(=O)c1cc(F)c(OC[C@@H]2CNCC[C@H]2c2ccc(Cl)cc2)cc1F. The maximum Gasteiger partial charge on any atom is 0.288 e. The van der Waals surface area contributed by atoms with Gasteiger partial charge in [-0.1, -0.05) is 23.7 Å². The highest BCUT2D eigenvalue weighted by Gasteiger charge is 2.28. The molecule has 0 bridgehead atoms. The van der Waals surface area contributed by atoms with Gasteiger partial charge in [0.1, 0.15) is 17.0 Å². The molecule has 1 N–H and O–H groups in total. The molecule has 0 saturated carbocycles. The van der Waals surface area contributed by atoms with Gasteiger partial charge in [0.05, 0.1) is 6.61 Å². The number of hydrogen-bond donors (Lipinski definition) is 1. The van der Waals surface area contributed by atoms with Crippen molar-refractivity contribution in [1.82, 2.24) is 14.3 Å². The van der Waals surface area contributed by atoms with E-state index in [2.05, 4.69) is 14.1 Å². The van der Waals surface area contributed by atoms with Crippen LogP contribution in [0.3, 0.4) is 0 Å². The van der Waals surface area contributed by atoms with Crippen LogP contribution < -0.4 is 14.9 Å². The summed E-state index contributed by atoms with van der Waals surface area (Å²) in [6, 6.07) is 8.90. The van der Waals surface area contributed by atoms with Gasteiger partial charge in [-0.25, -0.2) is 8.78 Å². The Hall–Kier alpha value is -2.34. The van der Waals surface area contributed by atoms with Crippen LogP contribution in [-0.4, -0.2) is 37.1 Å². The van der Waals surface area contributed by atoms with Crippen molar-refractivity contribution in [2.24, 2.45) is 17.4 Å². The largest absolute Gasteiger partial charge is 0.490 e. The topological polar surface area (TPSA) is 85.6 Å². The molecule has 2 atom stereocenters. The van der Waals surface area contributed by atoms with Gasteiger partial charge in [0, 0.05) is 48.2 Å². The number of rotatable bonds is 6. The van der Waals surface area contributed by atoms with E-state index in [4.69, 9.17) is 16.3 Å². The summed E-state index contributed by atoms with van der Waals surface area (Å²) in [5.41, 5.74) is 1.10. The maximum absolute atomic E-state index is 14.7. The van der Waals surface area contributed by atoms with Crippen LogP contribution in [0.4, 0.5) is 8.78 Å². The van der Waals surface area contributed by atoms with Gasteiger partial charge in [-0.2, -0.15) is 12.8 Å². The van der Waals surface area contributed by atoms with Gasteiger partial charge in [0.2, 0.25) is 4.80 Å². The Labute approximate surface area is 198 Å². The molecular formula is C21H21ClF2N4O3S2. The number of ether oxygens (including phenoxy) is 1. The van der Waals surface area contributed by atoms with E-state index in [1.807, 2.05) is 24.3 Å². The molecule has 12 heteroatoms. The molecule has 4 rings (SSSR count). The van der Waals surface area contributed by atoms with Gasteiger partial charge in [-0.3, -0.25) is 0 Å². The molecule has 7 nitrogen and oxygen atoms in total. The van der Waals surface area contributed by atoms with Crippen LogP contribution in [0, 0.1) is 17.6 Å². The summed E-state index contributed by atoms with van der Waals surface area (Å²) < 4.78 is 68.7. The highest BCUT2D eigenvalue weighted by Crippen LogP contribution is 2.33. The molecule has 0 amide bonds. The number of piperidine rings is 1. The Kier molecular flexibility index (Phi) is 7.13. The standard InChI is InChI=1S/C21H21ClF2N4O3S2/c1-28-12-26-32-21(28)27-33(29,30)20-9-17(23)19(8-18(20)24)31-11-14-10-25-7-6-16(14)13-2-4-15(22)5-3-13/h2-5,8-9,12,14,16,25H,6-7,10-11H2,1H3/t14-,16-/m0/s1. The van der Waals surface area contributed by atoms with Gasteiger partial charge in [0.15, 0.2) is 11.6 Å². The molecule has 33 heavy (non-hydrogen) atoms. The van der Waals surface area contributed by atoms with Crippen molar-refractivity contribution in [3.05, 3.63) is 69.7 Å². The summed E-state index contributed by atoms with van der Waals surface area (Å²) in [4.78, 5) is -0.827.